The molecule has 0 radical (unpaired) electrons. The molecule has 8 heteroatoms. The lowest BCUT2D eigenvalue weighted by molar-refractivity contribution is -0.194. The number of rotatable bonds is 10. The minimum absolute atomic E-state index is 0.0994. The number of benzene rings is 2. The van der Waals surface area contributed by atoms with Gasteiger partial charge >= 0.3 is 12.1 Å². The van der Waals surface area contributed by atoms with E-state index in [2.05, 4.69) is 17.4 Å². The average molecular weight is 470 g/mol. The highest BCUT2D eigenvalue weighted by Gasteiger charge is 2.30. The number of hydrogen-bond donors (Lipinski definition) is 2. The molecule has 2 aliphatic rings. The van der Waals surface area contributed by atoms with E-state index in [1.54, 1.807) is 0 Å². The molecule has 1 heterocycles. The highest BCUT2D eigenvalue weighted by Crippen LogP contribution is 2.44. The first-order valence-corrected chi connectivity index (χ1v) is 11.7. The summed E-state index contributed by atoms with van der Waals surface area (Å²) in [7, 11) is 0. The van der Waals surface area contributed by atoms with E-state index in [4.69, 9.17) is 18.9 Å². The average Bonchev–Trinajstić information content (AvgIpc) is 3.16. The minimum atomic E-state index is -1.23. The van der Waals surface area contributed by atoms with Gasteiger partial charge < -0.3 is 29.4 Å². The van der Waals surface area contributed by atoms with E-state index >= 15 is 0 Å². The number of ether oxygens (including phenoxy) is 4. The Bertz CT molecular complexity index is 943. The van der Waals surface area contributed by atoms with E-state index in [0.717, 1.165) is 41.5 Å². The van der Waals surface area contributed by atoms with Crippen molar-refractivity contribution in [2.45, 2.75) is 50.5 Å². The molecule has 34 heavy (non-hydrogen) atoms. The van der Waals surface area contributed by atoms with Crippen LogP contribution in [-0.4, -0.2) is 62.0 Å². The third-order valence-electron chi connectivity index (χ3n) is 6.09. The largest absolute Gasteiger partial charge is 0.480 e. The van der Waals surface area contributed by atoms with Gasteiger partial charge in [-0.05, 0) is 48.4 Å². The van der Waals surface area contributed by atoms with Gasteiger partial charge in [0.2, 0.25) is 0 Å². The Morgan fingerprint density at radius 2 is 1.74 bits per heavy atom. The second-order valence-electron chi connectivity index (χ2n) is 8.64. The van der Waals surface area contributed by atoms with Crippen LogP contribution >= 0.6 is 0 Å². The SMILES string of the molecule is C[C@H](COC[C@H](NC(=O)OCC1c2ccccc2-c2ccccc21)C(=O)O)OC1CCCCO1. The number of carbonyl (C=O) groups is 2. The van der Waals surface area contributed by atoms with Crippen LogP contribution in [0.3, 0.4) is 0 Å². The summed E-state index contributed by atoms with van der Waals surface area (Å²) in [6.45, 7) is 2.63. The van der Waals surface area contributed by atoms with Gasteiger partial charge in [0.1, 0.15) is 6.61 Å². The Kier molecular flexibility index (Phi) is 8.16. The van der Waals surface area contributed by atoms with Gasteiger partial charge in [-0.25, -0.2) is 9.59 Å². The van der Waals surface area contributed by atoms with Gasteiger partial charge in [-0.2, -0.15) is 0 Å². The normalized spacial score (nSPS) is 19.0. The summed E-state index contributed by atoms with van der Waals surface area (Å²) in [5.74, 6) is -1.30. The van der Waals surface area contributed by atoms with Crippen LogP contribution in [0.1, 0.15) is 43.2 Å². The van der Waals surface area contributed by atoms with E-state index < -0.39 is 18.1 Å². The molecule has 0 saturated carbocycles. The van der Waals surface area contributed by atoms with Crippen LogP contribution in [-0.2, 0) is 23.7 Å². The van der Waals surface area contributed by atoms with Crippen LogP contribution < -0.4 is 5.32 Å². The molecule has 2 aromatic rings. The highest BCUT2D eigenvalue weighted by molar-refractivity contribution is 5.81. The zero-order valence-electron chi connectivity index (χ0n) is 19.3. The van der Waals surface area contributed by atoms with Gasteiger partial charge in [0.15, 0.2) is 12.3 Å². The Balaban J connectivity index is 1.25. The molecular formula is C26H31NO7. The van der Waals surface area contributed by atoms with E-state index in [9.17, 15) is 14.7 Å². The number of carboxylic acids is 1. The van der Waals surface area contributed by atoms with Crippen LogP contribution in [0.2, 0.25) is 0 Å². The molecule has 0 spiro atoms. The lowest BCUT2D eigenvalue weighted by atomic mass is 9.98. The molecule has 4 rings (SSSR count). The first-order chi connectivity index (χ1) is 16.5. The number of nitrogens with one attached hydrogen (secondary N) is 1. The predicted octanol–water partition coefficient (Wildman–Crippen LogP) is 3.93. The molecule has 1 saturated heterocycles. The van der Waals surface area contributed by atoms with E-state index in [0.29, 0.717) is 6.61 Å². The second-order valence-corrected chi connectivity index (χ2v) is 8.64. The Labute approximate surface area is 199 Å². The Hall–Kier alpha value is -2.94. The standard InChI is InChI=1S/C26H31NO7/c1-17(34-24-12-6-7-13-32-24)14-31-16-23(25(28)29)27-26(30)33-15-22-20-10-4-2-8-18(20)19-9-3-5-11-21(19)22/h2-5,8-11,17,22-24H,6-7,12-16H2,1H3,(H,27,30)(H,28,29)/t17-,23+,24?/m1/s1. The fourth-order valence-electron chi connectivity index (χ4n) is 4.43. The van der Waals surface area contributed by atoms with E-state index in [-0.39, 0.29) is 38.1 Å². The quantitative estimate of drug-likeness (QED) is 0.543. The first kappa shape index (κ1) is 24.2. The summed E-state index contributed by atoms with van der Waals surface area (Å²) in [5.41, 5.74) is 4.42. The van der Waals surface area contributed by atoms with Crippen molar-refractivity contribution in [2.75, 3.05) is 26.4 Å². The molecule has 1 unspecified atom stereocenters. The van der Waals surface area contributed by atoms with Crippen LogP contribution in [0, 0.1) is 0 Å². The van der Waals surface area contributed by atoms with Crippen molar-refractivity contribution in [1.29, 1.82) is 0 Å². The molecule has 182 valence electrons. The number of aliphatic carboxylic acids is 1. The van der Waals surface area contributed by atoms with Crippen molar-refractivity contribution in [2.24, 2.45) is 0 Å². The van der Waals surface area contributed by atoms with Gasteiger partial charge in [-0.3, -0.25) is 0 Å². The van der Waals surface area contributed by atoms with E-state index in [1.165, 1.54) is 0 Å². The maximum absolute atomic E-state index is 12.4. The molecule has 0 aromatic heterocycles. The lowest BCUT2D eigenvalue weighted by Gasteiger charge is -2.26. The maximum Gasteiger partial charge on any atom is 0.407 e. The summed E-state index contributed by atoms with van der Waals surface area (Å²) >= 11 is 0. The van der Waals surface area contributed by atoms with Gasteiger partial charge in [-0.1, -0.05) is 48.5 Å². The Morgan fingerprint density at radius 1 is 1.06 bits per heavy atom. The molecule has 8 nitrogen and oxygen atoms in total. The van der Waals surface area contributed by atoms with E-state index in [1.807, 2.05) is 43.3 Å². The fourth-order valence-corrected chi connectivity index (χ4v) is 4.43. The van der Waals surface area contributed by atoms with Gasteiger partial charge in [-0.15, -0.1) is 0 Å². The summed E-state index contributed by atoms with van der Waals surface area (Å²) < 4.78 is 22.2. The molecular weight excluding hydrogens is 438 g/mol. The highest BCUT2D eigenvalue weighted by atomic mass is 16.7. The smallest absolute Gasteiger partial charge is 0.407 e. The number of hydrogen-bond acceptors (Lipinski definition) is 6. The van der Waals surface area contributed by atoms with Crippen LogP contribution in [0.5, 0.6) is 0 Å². The van der Waals surface area contributed by atoms with Crippen molar-refractivity contribution in [3.05, 3.63) is 59.7 Å². The predicted molar refractivity (Wildman–Crippen MR) is 125 cm³/mol. The molecule has 1 aliphatic heterocycles. The summed E-state index contributed by atoms with van der Waals surface area (Å²) in [5, 5.41) is 11.9. The molecule has 1 aliphatic carbocycles. The number of amides is 1. The van der Waals surface area contributed by atoms with Crippen molar-refractivity contribution in [3.63, 3.8) is 0 Å². The maximum atomic E-state index is 12.4. The third kappa shape index (κ3) is 5.94. The molecule has 1 fully saturated rings. The topological polar surface area (TPSA) is 103 Å². The molecule has 2 N–H and O–H groups in total. The van der Waals surface area contributed by atoms with Gasteiger partial charge in [0.25, 0.3) is 0 Å². The van der Waals surface area contributed by atoms with Crippen LogP contribution in [0.25, 0.3) is 11.1 Å². The minimum Gasteiger partial charge on any atom is -0.480 e. The zero-order valence-corrected chi connectivity index (χ0v) is 19.3. The molecule has 1 amide bonds. The van der Waals surface area contributed by atoms with Gasteiger partial charge in [0.05, 0.1) is 19.3 Å². The molecule has 3 atom stereocenters. The number of carbonyl (C=O) groups excluding carboxylic acids is 1. The molecule has 2 aromatic carbocycles. The fraction of sp³-hybridized carbons (Fsp3) is 0.462. The second kappa shape index (κ2) is 11.5. The first-order valence-electron chi connectivity index (χ1n) is 11.7. The summed E-state index contributed by atoms with van der Waals surface area (Å²) in [6, 6.07) is 14.8. The lowest BCUT2D eigenvalue weighted by Crippen LogP contribution is -2.45. The van der Waals surface area contributed by atoms with Crippen molar-refractivity contribution in [1.82, 2.24) is 5.32 Å². The molecule has 0 bridgehead atoms. The van der Waals surface area contributed by atoms with Crippen LogP contribution in [0.4, 0.5) is 4.79 Å². The summed E-state index contributed by atoms with van der Waals surface area (Å²) in [6.07, 6.45) is 1.63. The summed E-state index contributed by atoms with van der Waals surface area (Å²) in [4.78, 5) is 24.0. The Morgan fingerprint density at radius 3 is 2.35 bits per heavy atom. The monoisotopic (exact) mass is 469 g/mol. The van der Waals surface area contributed by atoms with Crippen molar-refractivity contribution in [3.8, 4) is 11.1 Å². The van der Waals surface area contributed by atoms with Gasteiger partial charge in [0, 0.05) is 12.5 Å². The van der Waals surface area contributed by atoms with Crippen LogP contribution in [0.15, 0.2) is 48.5 Å². The van der Waals surface area contributed by atoms with Crippen molar-refractivity contribution < 1.29 is 33.6 Å². The zero-order chi connectivity index (χ0) is 23.9. The number of carboxylic acid groups (broad SMARTS) is 1. The number of fused-ring (bicyclic) bond motifs is 3. The third-order valence-corrected chi connectivity index (χ3v) is 6.09. The van der Waals surface area contributed by atoms with Crippen molar-refractivity contribution >= 4 is 12.1 Å². The number of alkyl carbamates (subject to hydrolysis) is 1.